The summed E-state index contributed by atoms with van der Waals surface area (Å²) in [6.45, 7) is 3.96. The molecule has 0 fully saturated rings. The Morgan fingerprint density at radius 3 is 2.55 bits per heavy atom. The van der Waals surface area contributed by atoms with Gasteiger partial charge in [0.05, 0.1) is 7.11 Å². The monoisotopic (exact) mass is 310 g/mol. The number of hydrogen-bond acceptors (Lipinski definition) is 4. The van der Waals surface area contributed by atoms with E-state index in [9.17, 15) is 4.79 Å². The smallest absolute Gasteiger partial charge is 0.215 e. The second-order valence-corrected chi connectivity index (χ2v) is 6.20. The number of methoxy groups -OCH3 is 1. The Balaban J connectivity index is 2.57. The van der Waals surface area contributed by atoms with Crippen molar-refractivity contribution in [3.05, 3.63) is 41.5 Å². The molecular formula is C16H22O2S2. The highest BCUT2D eigenvalue weighted by Crippen LogP contribution is 2.21. The van der Waals surface area contributed by atoms with Crippen molar-refractivity contribution < 1.29 is 9.53 Å². The highest BCUT2D eigenvalue weighted by Gasteiger charge is 2.12. The second kappa shape index (κ2) is 9.14. The molecule has 0 radical (unpaired) electrons. The van der Waals surface area contributed by atoms with Crippen LogP contribution in [0.5, 0.6) is 5.75 Å². The zero-order valence-corrected chi connectivity index (χ0v) is 14.0. The van der Waals surface area contributed by atoms with Gasteiger partial charge in [-0.2, -0.15) is 12.6 Å². The third-order valence-corrected chi connectivity index (χ3v) is 5.11. The highest BCUT2D eigenvalue weighted by molar-refractivity contribution is 8.15. The van der Waals surface area contributed by atoms with Crippen LogP contribution in [0.15, 0.2) is 35.9 Å². The normalized spacial score (nSPS) is 13.1. The van der Waals surface area contributed by atoms with Gasteiger partial charge in [-0.05, 0) is 43.0 Å². The lowest BCUT2D eigenvalue weighted by Crippen LogP contribution is -2.08. The van der Waals surface area contributed by atoms with E-state index in [-0.39, 0.29) is 5.12 Å². The van der Waals surface area contributed by atoms with Gasteiger partial charge in [-0.1, -0.05) is 36.9 Å². The van der Waals surface area contributed by atoms with Gasteiger partial charge in [0, 0.05) is 11.0 Å². The molecule has 0 bridgehead atoms. The lowest BCUT2D eigenvalue weighted by molar-refractivity contribution is -0.107. The van der Waals surface area contributed by atoms with E-state index in [0.717, 1.165) is 29.9 Å². The third kappa shape index (κ3) is 5.63. The lowest BCUT2D eigenvalue weighted by atomic mass is 10.1. The van der Waals surface area contributed by atoms with Crippen LogP contribution in [0, 0.1) is 0 Å². The molecule has 1 aromatic carbocycles. The van der Waals surface area contributed by atoms with Gasteiger partial charge in [-0.15, -0.1) is 0 Å². The van der Waals surface area contributed by atoms with Crippen LogP contribution >= 0.6 is 24.4 Å². The molecular weight excluding hydrogens is 288 g/mol. The molecule has 4 heteroatoms. The van der Waals surface area contributed by atoms with Gasteiger partial charge in [0.25, 0.3) is 0 Å². The third-order valence-electron chi connectivity index (χ3n) is 3.06. The summed E-state index contributed by atoms with van der Waals surface area (Å²) in [7, 11) is 1.65. The van der Waals surface area contributed by atoms with Gasteiger partial charge >= 0.3 is 0 Å². The molecule has 1 aromatic rings. The Morgan fingerprint density at radius 1 is 1.40 bits per heavy atom. The quantitative estimate of drug-likeness (QED) is 0.605. The number of hydrogen-bond donors (Lipinski definition) is 1. The van der Waals surface area contributed by atoms with Gasteiger partial charge in [-0.25, -0.2) is 0 Å². The molecule has 0 heterocycles. The standard InChI is InChI=1S/C16H22O2S2/c1-4-15(11-19)20-16(17)12(2)5-6-13-7-9-14(18-3)10-8-13/h5,7-10,15,19H,4,6,11H2,1-3H3/b12-5+. The van der Waals surface area contributed by atoms with Crippen molar-refractivity contribution in [2.75, 3.05) is 12.9 Å². The van der Waals surface area contributed by atoms with Crippen LogP contribution in [0.2, 0.25) is 0 Å². The first-order chi connectivity index (χ1) is 9.60. The minimum atomic E-state index is 0.152. The number of allylic oxidation sites excluding steroid dienone is 1. The molecule has 0 spiro atoms. The van der Waals surface area contributed by atoms with Crippen molar-refractivity contribution in [2.24, 2.45) is 0 Å². The Labute approximate surface area is 131 Å². The van der Waals surface area contributed by atoms with Crippen molar-refractivity contribution in [3.8, 4) is 5.75 Å². The van der Waals surface area contributed by atoms with Gasteiger partial charge < -0.3 is 4.74 Å². The lowest BCUT2D eigenvalue weighted by Gasteiger charge is -2.10. The summed E-state index contributed by atoms with van der Waals surface area (Å²) in [5.41, 5.74) is 1.98. The Bertz CT molecular complexity index is 448. The van der Waals surface area contributed by atoms with E-state index in [1.165, 1.54) is 17.3 Å². The molecule has 2 nitrogen and oxygen atoms in total. The predicted molar refractivity (Wildman–Crippen MR) is 91.0 cm³/mol. The molecule has 0 amide bonds. The summed E-state index contributed by atoms with van der Waals surface area (Å²) in [6.07, 6.45) is 3.72. The van der Waals surface area contributed by atoms with Crippen molar-refractivity contribution in [3.63, 3.8) is 0 Å². The van der Waals surface area contributed by atoms with Gasteiger partial charge in [0.15, 0.2) is 0 Å². The molecule has 0 saturated carbocycles. The SMILES string of the molecule is CCC(CS)SC(=O)/C(C)=C/Cc1ccc(OC)cc1. The Hall–Kier alpha value is -0.870. The van der Waals surface area contributed by atoms with E-state index in [1.54, 1.807) is 7.11 Å². The van der Waals surface area contributed by atoms with Crippen LogP contribution in [0.4, 0.5) is 0 Å². The second-order valence-electron chi connectivity index (χ2n) is 4.56. The van der Waals surface area contributed by atoms with Crippen LogP contribution in [0.1, 0.15) is 25.8 Å². The maximum absolute atomic E-state index is 12.0. The van der Waals surface area contributed by atoms with Gasteiger partial charge in [-0.3, -0.25) is 4.79 Å². The van der Waals surface area contributed by atoms with Crippen molar-refractivity contribution in [2.45, 2.75) is 31.9 Å². The van der Waals surface area contributed by atoms with Crippen LogP contribution in [0.3, 0.4) is 0 Å². The topological polar surface area (TPSA) is 26.3 Å². The first-order valence-electron chi connectivity index (χ1n) is 6.72. The molecule has 20 heavy (non-hydrogen) atoms. The number of thiol groups is 1. The molecule has 1 atom stereocenters. The molecule has 0 aromatic heterocycles. The minimum absolute atomic E-state index is 0.152. The molecule has 0 aliphatic rings. The summed E-state index contributed by atoms with van der Waals surface area (Å²) >= 11 is 5.65. The number of carbonyl (C=O) groups is 1. The highest BCUT2D eigenvalue weighted by atomic mass is 32.2. The molecule has 1 rings (SSSR count). The van der Waals surface area contributed by atoms with Gasteiger partial charge in [0.1, 0.15) is 5.75 Å². The average Bonchev–Trinajstić information content (AvgIpc) is 2.50. The van der Waals surface area contributed by atoms with E-state index in [2.05, 4.69) is 19.6 Å². The summed E-state index contributed by atoms with van der Waals surface area (Å²) in [5, 5.41) is 0.453. The number of benzene rings is 1. The van der Waals surface area contributed by atoms with E-state index in [4.69, 9.17) is 4.74 Å². The molecule has 110 valence electrons. The molecule has 1 unspecified atom stereocenters. The molecule has 0 saturated heterocycles. The largest absolute Gasteiger partial charge is 0.497 e. The van der Waals surface area contributed by atoms with Crippen LogP contribution in [-0.4, -0.2) is 23.2 Å². The first-order valence-corrected chi connectivity index (χ1v) is 8.23. The Morgan fingerprint density at radius 2 is 2.05 bits per heavy atom. The molecule has 0 aliphatic heterocycles. The van der Waals surface area contributed by atoms with E-state index in [0.29, 0.717) is 5.25 Å². The minimum Gasteiger partial charge on any atom is -0.497 e. The fourth-order valence-corrected chi connectivity index (χ4v) is 2.90. The van der Waals surface area contributed by atoms with Gasteiger partial charge in [0.2, 0.25) is 5.12 Å². The van der Waals surface area contributed by atoms with Crippen LogP contribution in [0.25, 0.3) is 0 Å². The van der Waals surface area contributed by atoms with Crippen molar-refractivity contribution in [1.82, 2.24) is 0 Å². The van der Waals surface area contributed by atoms with Crippen molar-refractivity contribution >= 4 is 29.5 Å². The fourth-order valence-electron chi connectivity index (χ4n) is 1.61. The number of ether oxygens (including phenoxy) is 1. The summed E-state index contributed by atoms with van der Waals surface area (Å²) in [6, 6.07) is 7.90. The average molecular weight is 310 g/mol. The summed E-state index contributed by atoms with van der Waals surface area (Å²) in [5.74, 6) is 1.58. The van der Waals surface area contributed by atoms with Crippen molar-refractivity contribution in [1.29, 1.82) is 0 Å². The molecule has 0 N–H and O–H groups in total. The fraction of sp³-hybridized carbons (Fsp3) is 0.438. The summed E-state index contributed by atoms with van der Waals surface area (Å²) in [4.78, 5) is 12.0. The number of thioether (sulfide) groups is 1. The van der Waals surface area contributed by atoms with E-state index in [1.807, 2.05) is 37.3 Å². The van der Waals surface area contributed by atoms with E-state index >= 15 is 0 Å². The van der Waals surface area contributed by atoms with Crippen LogP contribution < -0.4 is 4.74 Å². The maximum Gasteiger partial charge on any atom is 0.215 e. The summed E-state index contributed by atoms with van der Waals surface area (Å²) < 4.78 is 5.12. The Kier molecular flexibility index (Phi) is 7.85. The number of carbonyl (C=O) groups excluding carboxylic acids is 1. The van der Waals surface area contributed by atoms with Crippen LogP contribution in [-0.2, 0) is 11.2 Å². The maximum atomic E-state index is 12.0. The first kappa shape index (κ1) is 17.2. The molecule has 0 aliphatic carbocycles. The zero-order valence-electron chi connectivity index (χ0n) is 12.3. The number of rotatable bonds is 7. The van der Waals surface area contributed by atoms with E-state index < -0.39 is 0 Å². The predicted octanol–water partition coefficient (Wildman–Crippen LogP) is 4.15. The zero-order chi connectivity index (χ0) is 15.0.